The van der Waals surface area contributed by atoms with E-state index in [1.165, 1.54) is 0 Å². The highest BCUT2D eigenvalue weighted by Crippen LogP contribution is 2.06. The molecule has 0 aromatic carbocycles. The van der Waals surface area contributed by atoms with E-state index < -0.39 is 5.82 Å². The molecule has 11 heavy (non-hydrogen) atoms. The summed E-state index contributed by atoms with van der Waals surface area (Å²) >= 11 is 0. The van der Waals surface area contributed by atoms with Gasteiger partial charge in [-0.3, -0.25) is 0 Å². The fourth-order valence-electron chi connectivity index (χ4n) is 0.900. The minimum absolute atomic E-state index is 0.537. The number of rotatable bonds is 3. The molecule has 0 fully saturated rings. The van der Waals surface area contributed by atoms with Crippen LogP contribution >= 0.6 is 0 Å². The Kier molecular flexibility index (Phi) is 2.48. The van der Waals surface area contributed by atoms with E-state index >= 15 is 0 Å². The van der Waals surface area contributed by atoms with Gasteiger partial charge in [0, 0.05) is 6.42 Å². The second kappa shape index (κ2) is 3.39. The average Bonchev–Trinajstić information content (AvgIpc) is 2.32. The summed E-state index contributed by atoms with van der Waals surface area (Å²) in [5, 5.41) is 2.88. The Morgan fingerprint density at radius 1 is 1.36 bits per heavy atom. The van der Waals surface area contributed by atoms with Crippen molar-refractivity contribution in [2.24, 2.45) is 0 Å². The SMILES string of the molecule is CCc1oc(=O)oc1CNC. The number of nitrogens with one attached hydrogen (secondary N) is 1. The maximum atomic E-state index is 10.6. The lowest BCUT2D eigenvalue weighted by molar-refractivity contribution is 0.364. The van der Waals surface area contributed by atoms with Crippen LogP contribution < -0.4 is 11.1 Å². The molecule has 0 atom stereocenters. The molecule has 4 heteroatoms. The second-order valence-electron chi connectivity index (χ2n) is 2.18. The Morgan fingerprint density at radius 2 is 2.00 bits per heavy atom. The van der Waals surface area contributed by atoms with Gasteiger partial charge in [0.25, 0.3) is 0 Å². The van der Waals surface area contributed by atoms with Gasteiger partial charge >= 0.3 is 5.82 Å². The molecule has 0 saturated heterocycles. The van der Waals surface area contributed by atoms with Crippen LogP contribution in [0.25, 0.3) is 0 Å². The number of aryl methyl sites for hydroxylation is 1. The summed E-state index contributed by atoms with van der Waals surface area (Å²) in [4.78, 5) is 10.6. The second-order valence-corrected chi connectivity index (χ2v) is 2.18. The molecule has 4 nitrogen and oxygen atoms in total. The third kappa shape index (κ3) is 1.71. The van der Waals surface area contributed by atoms with Crippen molar-refractivity contribution in [2.75, 3.05) is 7.05 Å². The lowest BCUT2D eigenvalue weighted by Crippen LogP contribution is -2.05. The highest BCUT2D eigenvalue weighted by atomic mass is 16.6. The minimum atomic E-state index is -0.618. The molecule has 1 aromatic heterocycles. The lowest BCUT2D eigenvalue weighted by atomic mass is 10.3. The van der Waals surface area contributed by atoms with Gasteiger partial charge in [0.15, 0.2) is 11.5 Å². The number of hydrogen-bond donors (Lipinski definition) is 1. The van der Waals surface area contributed by atoms with Crippen molar-refractivity contribution in [1.29, 1.82) is 0 Å². The number of hydrogen-bond acceptors (Lipinski definition) is 4. The molecule has 0 aliphatic carbocycles. The van der Waals surface area contributed by atoms with Crippen molar-refractivity contribution in [3.63, 3.8) is 0 Å². The van der Waals surface area contributed by atoms with E-state index in [4.69, 9.17) is 8.83 Å². The summed E-state index contributed by atoms with van der Waals surface area (Å²) in [6.45, 7) is 2.45. The first kappa shape index (κ1) is 8.07. The van der Waals surface area contributed by atoms with Crippen molar-refractivity contribution in [3.8, 4) is 0 Å². The fourth-order valence-corrected chi connectivity index (χ4v) is 0.900. The van der Waals surface area contributed by atoms with Crippen LogP contribution in [0.3, 0.4) is 0 Å². The first-order valence-electron chi connectivity index (χ1n) is 3.54. The van der Waals surface area contributed by atoms with Gasteiger partial charge in [0.05, 0.1) is 6.54 Å². The summed E-state index contributed by atoms with van der Waals surface area (Å²) in [5.74, 6) is 0.608. The van der Waals surface area contributed by atoms with Gasteiger partial charge in [0.2, 0.25) is 0 Å². The van der Waals surface area contributed by atoms with Gasteiger partial charge in [-0.25, -0.2) is 4.79 Å². The van der Waals surface area contributed by atoms with E-state index in [1.807, 2.05) is 6.92 Å². The third-order valence-corrected chi connectivity index (χ3v) is 1.38. The van der Waals surface area contributed by atoms with Crippen LogP contribution in [0.15, 0.2) is 13.6 Å². The first-order valence-corrected chi connectivity index (χ1v) is 3.54. The van der Waals surface area contributed by atoms with Crippen molar-refractivity contribution >= 4 is 0 Å². The van der Waals surface area contributed by atoms with Crippen LogP contribution in [-0.4, -0.2) is 7.05 Å². The topological polar surface area (TPSA) is 55.4 Å². The molecule has 1 aromatic rings. The van der Waals surface area contributed by atoms with Crippen LogP contribution in [0.2, 0.25) is 0 Å². The summed E-state index contributed by atoms with van der Waals surface area (Å²) < 4.78 is 9.52. The van der Waals surface area contributed by atoms with Gasteiger partial charge in [-0.2, -0.15) is 0 Å². The predicted molar refractivity (Wildman–Crippen MR) is 39.4 cm³/mol. The summed E-state index contributed by atoms with van der Waals surface area (Å²) in [6, 6.07) is 0. The van der Waals surface area contributed by atoms with E-state index in [0.29, 0.717) is 24.5 Å². The van der Waals surface area contributed by atoms with Crippen molar-refractivity contribution in [2.45, 2.75) is 19.9 Å². The molecule has 0 aliphatic heterocycles. The monoisotopic (exact) mass is 157 g/mol. The van der Waals surface area contributed by atoms with Crippen LogP contribution in [0.4, 0.5) is 0 Å². The highest BCUT2D eigenvalue weighted by molar-refractivity contribution is 5.02. The van der Waals surface area contributed by atoms with E-state index in [0.717, 1.165) is 0 Å². The summed E-state index contributed by atoms with van der Waals surface area (Å²) in [7, 11) is 1.78. The molecule has 0 bridgehead atoms. The zero-order valence-electron chi connectivity index (χ0n) is 6.64. The zero-order chi connectivity index (χ0) is 8.27. The standard InChI is InChI=1S/C7H11NO3/c1-3-5-6(4-8-2)11-7(9)10-5/h8H,3-4H2,1-2H3. The Bertz CT molecular complexity index is 273. The third-order valence-electron chi connectivity index (χ3n) is 1.38. The van der Waals surface area contributed by atoms with Crippen LogP contribution in [0, 0.1) is 0 Å². The lowest BCUT2D eigenvalue weighted by Gasteiger charge is -1.93. The Morgan fingerprint density at radius 3 is 2.55 bits per heavy atom. The van der Waals surface area contributed by atoms with Crippen LogP contribution in [-0.2, 0) is 13.0 Å². The molecule has 1 rings (SSSR count). The Hall–Kier alpha value is -1.03. The van der Waals surface area contributed by atoms with Crippen LogP contribution in [0.1, 0.15) is 18.4 Å². The van der Waals surface area contributed by atoms with Gasteiger partial charge in [-0.1, -0.05) is 6.92 Å². The normalized spacial score (nSPS) is 10.4. The Labute approximate surface area is 64.2 Å². The molecule has 0 radical (unpaired) electrons. The van der Waals surface area contributed by atoms with E-state index in [2.05, 4.69) is 5.32 Å². The average molecular weight is 157 g/mol. The zero-order valence-corrected chi connectivity index (χ0v) is 6.64. The smallest absolute Gasteiger partial charge is 0.396 e. The van der Waals surface area contributed by atoms with E-state index in [-0.39, 0.29) is 0 Å². The molecule has 0 saturated carbocycles. The fraction of sp³-hybridized carbons (Fsp3) is 0.571. The molecule has 1 N–H and O–H groups in total. The quantitative estimate of drug-likeness (QED) is 0.694. The van der Waals surface area contributed by atoms with E-state index in [1.54, 1.807) is 7.05 Å². The van der Waals surface area contributed by atoms with Gasteiger partial charge < -0.3 is 14.2 Å². The summed E-state index contributed by atoms with van der Waals surface area (Å²) in [5.41, 5.74) is 0. The van der Waals surface area contributed by atoms with Crippen molar-refractivity contribution in [3.05, 3.63) is 22.1 Å². The molecule has 0 spiro atoms. The maximum absolute atomic E-state index is 10.6. The molecule has 62 valence electrons. The van der Waals surface area contributed by atoms with Gasteiger partial charge in [-0.15, -0.1) is 0 Å². The largest absolute Gasteiger partial charge is 0.519 e. The molecular formula is C7H11NO3. The van der Waals surface area contributed by atoms with Crippen molar-refractivity contribution in [1.82, 2.24) is 5.32 Å². The van der Waals surface area contributed by atoms with Gasteiger partial charge in [-0.05, 0) is 7.05 Å². The predicted octanol–water partition coefficient (Wildman–Crippen LogP) is 0.515. The highest BCUT2D eigenvalue weighted by Gasteiger charge is 2.08. The van der Waals surface area contributed by atoms with Crippen LogP contribution in [0.5, 0.6) is 0 Å². The molecule has 0 amide bonds. The minimum Gasteiger partial charge on any atom is -0.396 e. The Balaban J connectivity index is 2.92. The first-order chi connectivity index (χ1) is 5.27. The van der Waals surface area contributed by atoms with Crippen molar-refractivity contribution < 1.29 is 8.83 Å². The molecule has 1 heterocycles. The van der Waals surface area contributed by atoms with E-state index in [9.17, 15) is 4.79 Å². The molecule has 0 aliphatic rings. The summed E-state index contributed by atoms with van der Waals surface area (Å²) in [6.07, 6.45) is 0.683. The molecular weight excluding hydrogens is 146 g/mol. The maximum Gasteiger partial charge on any atom is 0.519 e. The molecule has 0 unspecified atom stereocenters. The van der Waals surface area contributed by atoms with Gasteiger partial charge in [0.1, 0.15) is 0 Å².